The molecule has 0 atom stereocenters. The van der Waals surface area contributed by atoms with Crippen LogP contribution in [0.15, 0.2) is 29.2 Å². The predicted molar refractivity (Wildman–Crippen MR) is 99.3 cm³/mol. The lowest BCUT2D eigenvalue weighted by Crippen LogP contribution is -2.36. The number of amides is 1. The van der Waals surface area contributed by atoms with Gasteiger partial charge in [-0.15, -0.1) is 0 Å². The standard InChI is InChI=1S/C18H28N2O5S/c1-6-25-17(21)11-12-20(13-14(2)3)18(22)15-7-9-16(10-8-15)26(23,24)19(4)5/h7-10,14H,6,11-13H2,1-5H3. The molecule has 0 fully saturated rings. The average molecular weight is 384 g/mol. The molecule has 146 valence electrons. The summed E-state index contributed by atoms with van der Waals surface area (Å²) < 4.78 is 30.3. The van der Waals surface area contributed by atoms with E-state index < -0.39 is 10.0 Å². The summed E-state index contributed by atoms with van der Waals surface area (Å²) in [6.45, 7) is 6.76. The fourth-order valence-corrected chi connectivity index (χ4v) is 3.24. The van der Waals surface area contributed by atoms with Gasteiger partial charge in [-0.1, -0.05) is 13.8 Å². The zero-order chi connectivity index (χ0) is 19.9. The summed E-state index contributed by atoms with van der Waals surface area (Å²) in [4.78, 5) is 26.1. The molecule has 0 aliphatic heterocycles. The van der Waals surface area contributed by atoms with Crippen molar-refractivity contribution in [2.45, 2.75) is 32.1 Å². The van der Waals surface area contributed by atoms with E-state index in [9.17, 15) is 18.0 Å². The van der Waals surface area contributed by atoms with Gasteiger partial charge in [0.25, 0.3) is 5.91 Å². The van der Waals surface area contributed by atoms with Gasteiger partial charge in [0.15, 0.2) is 0 Å². The van der Waals surface area contributed by atoms with Crippen LogP contribution in [0.5, 0.6) is 0 Å². The fraction of sp³-hybridized carbons (Fsp3) is 0.556. The lowest BCUT2D eigenvalue weighted by atomic mass is 10.1. The zero-order valence-corrected chi connectivity index (χ0v) is 16.9. The highest BCUT2D eigenvalue weighted by Gasteiger charge is 2.21. The molecule has 1 rings (SSSR count). The molecule has 0 spiro atoms. The van der Waals surface area contributed by atoms with Crippen LogP contribution in [0.4, 0.5) is 0 Å². The number of carbonyl (C=O) groups excluding carboxylic acids is 2. The summed E-state index contributed by atoms with van der Waals surface area (Å²) in [5.41, 5.74) is 0.382. The van der Waals surface area contributed by atoms with Crippen LogP contribution in [0.3, 0.4) is 0 Å². The van der Waals surface area contributed by atoms with Crippen LogP contribution in [0, 0.1) is 5.92 Å². The van der Waals surface area contributed by atoms with Crippen molar-refractivity contribution in [3.8, 4) is 0 Å². The number of rotatable bonds is 9. The van der Waals surface area contributed by atoms with Crippen molar-refractivity contribution in [1.82, 2.24) is 9.21 Å². The van der Waals surface area contributed by atoms with Gasteiger partial charge >= 0.3 is 5.97 Å². The van der Waals surface area contributed by atoms with Crippen LogP contribution in [0.25, 0.3) is 0 Å². The summed E-state index contributed by atoms with van der Waals surface area (Å²) in [6.07, 6.45) is 0.124. The van der Waals surface area contributed by atoms with Crippen LogP contribution in [-0.4, -0.2) is 63.3 Å². The van der Waals surface area contributed by atoms with Crippen LogP contribution in [0.2, 0.25) is 0 Å². The molecular formula is C18H28N2O5S. The van der Waals surface area contributed by atoms with E-state index in [-0.39, 0.29) is 35.7 Å². The Kier molecular flexibility index (Phi) is 8.23. The van der Waals surface area contributed by atoms with Crippen LogP contribution in [0.1, 0.15) is 37.6 Å². The molecule has 1 aromatic rings. The monoisotopic (exact) mass is 384 g/mol. The van der Waals surface area contributed by atoms with E-state index in [2.05, 4.69) is 0 Å². The minimum absolute atomic E-state index is 0.124. The number of hydrogen-bond donors (Lipinski definition) is 0. The Labute approximate surface area is 156 Å². The number of carbonyl (C=O) groups is 2. The highest BCUT2D eigenvalue weighted by molar-refractivity contribution is 7.89. The molecule has 0 unspecified atom stereocenters. The second kappa shape index (κ2) is 9.68. The van der Waals surface area contributed by atoms with Crippen molar-refractivity contribution in [2.75, 3.05) is 33.8 Å². The highest BCUT2D eigenvalue weighted by atomic mass is 32.2. The van der Waals surface area contributed by atoms with E-state index in [1.807, 2.05) is 13.8 Å². The van der Waals surface area contributed by atoms with Crippen molar-refractivity contribution in [3.05, 3.63) is 29.8 Å². The molecule has 7 nitrogen and oxygen atoms in total. The maximum Gasteiger partial charge on any atom is 0.307 e. The lowest BCUT2D eigenvalue weighted by Gasteiger charge is -2.24. The number of sulfonamides is 1. The van der Waals surface area contributed by atoms with E-state index in [1.165, 1.54) is 38.4 Å². The first-order chi connectivity index (χ1) is 12.1. The number of esters is 1. The molecule has 0 heterocycles. The normalized spacial score (nSPS) is 11.7. The number of hydrogen-bond acceptors (Lipinski definition) is 5. The molecular weight excluding hydrogens is 356 g/mol. The summed E-state index contributed by atoms with van der Waals surface area (Å²) >= 11 is 0. The van der Waals surface area contributed by atoms with Gasteiger partial charge < -0.3 is 9.64 Å². The number of nitrogens with zero attached hydrogens (tertiary/aromatic N) is 2. The molecule has 8 heteroatoms. The summed E-state index contributed by atoms with van der Waals surface area (Å²) in [5, 5.41) is 0. The Balaban J connectivity index is 2.95. The third-order valence-corrected chi connectivity index (χ3v) is 5.47. The Hall–Kier alpha value is -1.93. The van der Waals surface area contributed by atoms with Crippen molar-refractivity contribution in [3.63, 3.8) is 0 Å². The van der Waals surface area contributed by atoms with E-state index in [0.29, 0.717) is 18.7 Å². The van der Waals surface area contributed by atoms with Gasteiger partial charge in [-0.05, 0) is 37.1 Å². The van der Waals surface area contributed by atoms with Gasteiger partial charge in [-0.3, -0.25) is 9.59 Å². The number of benzene rings is 1. The molecule has 0 bridgehead atoms. The Morgan fingerprint density at radius 1 is 1.12 bits per heavy atom. The van der Waals surface area contributed by atoms with Crippen molar-refractivity contribution < 1.29 is 22.7 Å². The third-order valence-electron chi connectivity index (χ3n) is 3.64. The van der Waals surface area contributed by atoms with E-state index in [0.717, 1.165) is 4.31 Å². The first-order valence-corrected chi connectivity index (χ1v) is 10.0. The van der Waals surface area contributed by atoms with Crippen molar-refractivity contribution >= 4 is 21.9 Å². The van der Waals surface area contributed by atoms with E-state index in [4.69, 9.17) is 4.74 Å². The topological polar surface area (TPSA) is 84.0 Å². The predicted octanol–water partition coefficient (Wildman–Crippen LogP) is 1.99. The Morgan fingerprint density at radius 3 is 2.15 bits per heavy atom. The van der Waals surface area contributed by atoms with Gasteiger partial charge in [0.1, 0.15) is 0 Å². The molecule has 1 amide bonds. The van der Waals surface area contributed by atoms with E-state index in [1.54, 1.807) is 11.8 Å². The second-order valence-corrected chi connectivity index (χ2v) is 8.66. The van der Waals surface area contributed by atoms with Crippen molar-refractivity contribution in [1.29, 1.82) is 0 Å². The number of ether oxygens (including phenoxy) is 1. The molecule has 0 aromatic heterocycles. The zero-order valence-electron chi connectivity index (χ0n) is 16.1. The van der Waals surface area contributed by atoms with Gasteiger partial charge in [0, 0.05) is 32.7 Å². The maximum atomic E-state index is 12.8. The SMILES string of the molecule is CCOC(=O)CCN(CC(C)C)C(=O)c1ccc(S(=O)(=O)N(C)C)cc1. The fourth-order valence-electron chi connectivity index (χ4n) is 2.34. The summed E-state index contributed by atoms with van der Waals surface area (Å²) in [5.74, 6) is -0.354. The molecule has 0 saturated carbocycles. The minimum atomic E-state index is -3.54. The molecule has 26 heavy (non-hydrogen) atoms. The Bertz CT molecular complexity index is 712. The Morgan fingerprint density at radius 2 is 1.69 bits per heavy atom. The molecule has 0 N–H and O–H groups in total. The van der Waals surface area contributed by atoms with Gasteiger partial charge in [-0.25, -0.2) is 12.7 Å². The van der Waals surface area contributed by atoms with Crippen LogP contribution >= 0.6 is 0 Å². The van der Waals surface area contributed by atoms with Crippen LogP contribution < -0.4 is 0 Å². The van der Waals surface area contributed by atoms with Crippen LogP contribution in [-0.2, 0) is 19.6 Å². The molecule has 0 aliphatic rings. The first-order valence-electron chi connectivity index (χ1n) is 8.57. The molecule has 0 aliphatic carbocycles. The van der Waals surface area contributed by atoms with Gasteiger partial charge in [-0.2, -0.15) is 0 Å². The molecule has 0 saturated heterocycles. The average Bonchev–Trinajstić information content (AvgIpc) is 2.58. The minimum Gasteiger partial charge on any atom is -0.466 e. The van der Waals surface area contributed by atoms with Crippen molar-refractivity contribution in [2.24, 2.45) is 5.92 Å². The quantitative estimate of drug-likeness (QED) is 0.608. The second-order valence-electron chi connectivity index (χ2n) is 6.51. The van der Waals surface area contributed by atoms with Gasteiger partial charge in [0.05, 0.1) is 17.9 Å². The first kappa shape index (κ1) is 22.1. The lowest BCUT2D eigenvalue weighted by molar-refractivity contribution is -0.143. The van der Waals surface area contributed by atoms with Gasteiger partial charge in [0.2, 0.25) is 10.0 Å². The third kappa shape index (κ3) is 6.10. The van der Waals surface area contributed by atoms with E-state index >= 15 is 0 Å². The highest BCUT2D eigenvalue weighted by Crippen LogP contribution is 2.16. The summed E-state index contributed by atoms with van der Waals surface area (Å²) in [6, 6.07) is 5.83. The molecule has 0 radical (unpaired) electrons. The maximum absolute atomic E-state index is 12.8. The summed E-state index contributed by atoms with van der Waals surface area (Å²) in [7, 11) is -0.634. The molecule has 1 aromatic carbocycles. The largest absolute Gasteiger partial charge is 0.466 e. The smallest absolute Gasteiger partial charge is 0.307 e.